The van der Waals surface area contributed by atoms with Crippen molar-refractivity contribution in [2.24, 2.45) is 5.10 Å². The average molecular weight is 285 g/mol. The van der Waals surface area contributed by atoms with Gasteiger partial charge in [-0.2, -0.15) is 5.10 Å². The fourth-order valence-electron chi connectivity index (χ4n) is 1.70. The van der Waals surface area contributed by atoms with Gasteiger partial charge in [0.1, 0.15) is 5.82 Å². The van der Waals surface area contributed by atoms with Crippen LogP contribution in [0.4, 0.5) is 5.82 Å². The van der Waals surface area contributed by atoms with E-state index in [1.807, 2.05) is 36.4 Å². The van der Waals surface area contributed by atoms with E-state index in [4.69, 9.17) is 9.47 Å². The maximum absolute atomic E-state index is 5.61. The molecular weight excluding hydrogens is 266 g/mol. The minimum Gasteiger partial charge on any atom is -0.493 e. The van der Waals surface area contributed by atoms with Crippen LogP contribution >= 0.6 is 0 Å². The van der Waals surface area contributed by atoms with Crippen LogP contribution in [0.1, 0.15) is 18.9 Å². The molecule has 1 aromatic carbocycles. The lowest BCUT2D eigenvalue weighted by Crippen LogP contribution is -1.99. The zero-order chi connectivity index (χ0) is 14.9. The summed E-state index contributed by atoms with van der Waals surface area (Å²) in [7, 11) is 1.63. The fourth-order valence-corrected chi connectivity index (χ4v) is 1.70. The molecule has 2 aromatic rings. The molecule has 1 heterocycles. The van der Waals surface area contributed by atoms with E-state index < -0.39 is 0 Å². The smallest absolute Gasteiger partial charge is 0.161 e. The van der Waals surface area contributed by atoms with Gasteiger partial charge < -0.3 is 9.47 Å². The van der Waals surface area contributed by atoms with Crippen molar-refractivity contribution in [1.82, 2.24) is 4.98 Å². The summed E-state index contributed by atoms with van der Waals surface area (Å²) in [6.45, 7) is 2.74. The van der Waals surface area contributed by atoms with Crippen LogP contribution in [0.3, 0.4) is 0 Å². The molecule has 0 amide bonds. The summed E-state index contributed by atoms with van der Waals surface area (Å²) >= 11 is 0. The van der Waals surface area contributed by atoms with Crippen molar-refractivity contribution < 1.29 is 9.47 Å². The summed E-state index contributed by atoms with van der Waals surface area (Å²) in [6.07, 6.45) is 4.38. The van der Waals surface area contributed by atoms with E-state index in [0.29, 0.717) is 18.2 Å². The Bertz CT molecular complexity index is 585. The van der Waals surface area contributed by atoms with Gasteiger partial charge in [0.25, 0.3) is 0 Å². The highest BCUT2D eigenvalue weighted by Gasteiger charge is 2.04. The quantitative estimate of drug-likeness (QED) is 0.626. The molecule has 0 radical (unpaired) electrons. The molecule has 0 saturated carbocycles. The number of hydrogen-bond donors (Lipinski definition) is 1. The van der Waals surface area contributed by atoms with Crippen LogP contribution in [0.2, 0.25) is 0 Å². The third-order valence-corrected chi connectivity index (χ3v) is 2.71. The molecule has 5 nitrogen and oxygen atoms in total. The number of ether oxygens (including phenoxy) is 2. The lowest BCUT2D eigenvalue weighted by atomic mass is 10.2. The van der Waals surface area contributed by atoms with Crippen LogP contribution in [0.5, 0.6) is 11.5 Å². The van der Waals surface area contributed by atoms with E-state index in [1.165, 1.54) is 0 Å². The van der Waals surface area contributed by atoms with Crippen molar-refractivity contribution in [2.75, 3.05) is 19.1 Å². The van der Waals surface area contributed by atoms with E-state index in [2.05, 4.69) is 22.4 Å². The van der Waals surface area contributed by atoms with E-state index >= 15 is 0 Å². The van der Waals surface area contributed by atoms with Crippen molar-refractivity contribution in [3.05, 3.63) is 48.2 Å². The molecule has 0 bridgehead atoms. The molecule has 0 fully saturated rings. The number of aromatic nitrogens is 1. The highest BCUT2D eigenvalue weighted by Crippen LogP contribution is 2.27. The molecule has 2 rings (SSSR count). The van der Waals surface area contributed by atoms with Gasteiger partial charge in [0, 0.05) is 6.20 Å². The number of pyridine rings is 1. The number of rotatable bonds is 7. The first-order valence-corrected chi connectivity index (χ1v) is 6.84. The molecule has 0 aliphatic carbocycles. The summed E-state index contributed by atoms with van der Waals surface area (Å²) < 4.78 is 10.9. The van der Waals surface area contributed by atoms with Crippen LogP contribution in [0.25, 0.3) is 0 Å². The normalized spacial score (nSPS) is 10.6. The first kappa shape index (κ1) is 14.8. The van der Waals surface area contributed by atoms with Gasteiger partial charge in [0.05, 0.1) is 19.9 Å². The van der Waals surface area contributed by atoms with Gasteiger partial charge in [-0.3, -0.25) is 5.43 Å². The van der Waals surface area contributed by atoms with Crippen molar-refractivity contribution >= 4 is 12.0 Å². The van der Waals surface area contributed by atoms with Crippen molar-refractivity contribution in [1.29, 1.82) is 0 Å². The number of hydrazone groups is 1. The monoisotopic (exact) mass is 285 g/mol. The Kier molecular flexibility index (Phi) is 5.58. The summed E-state index contributed by atoms with van der Waals surface area (Å²) in [4.78, 5) is 4.12. The van der Waals surface area contributed by atoms with Crippen molar-refractivity contribution in [3.8, 4) is 11.5 Å². The second-order valence-corrected chi connectivity index (χ2v) is 4.34. The van der Waals surface area contributed by atoms with Crippen molar-refractivity contribution in [2.45, 2.75) is 13.3 Å². The Morgan fingerprint density at radius 3 is 2.86 bits per heavy atom. The maximum Gasteiger partial charge on any atom is 0.161 e. The second kappa shape index (κ2) is 7.89. The van der Waals surface area contributed by atoms with Gasteiger partial charge in [-0.05, 0) is 42.3 Å². The summed E-state index contributed by atoms with van der Waals surface area (Å²) in [6, 6.07) is 11.3. The molecule has 0 aliphatic rings. The summed E-state index contributed by atoms with van der Waals surface area (Å²) in [5, 5.41) is 4.15. The topological polar surface area (TPSA) is 55.7 Å². The Hall–Kier alpha value is -2.56. The lowest BCUT2D eigenvalue weighted by Gasteiger charge is -2.10. The van der Waals surface area contributed by atoms with Gasteiger partial charge in [-0.25, -0.2) is 4.98 Å². The molecule has 1 N–H and O–H groups in total. The summed E-state index contributed by atoms with van der Waals surface area (Å²) in [5.74, 6) is 2.14. The van der Waals surface area contributed by atoms with E-state index in [-0.39, 0.29) is 0 Å². The highest BCUT2D eigenvalue weighted by atomic mass is 16.5. The third kappa shape index (κ3) is 4.49. The predicted molar refractivity (Wildman–Crippen MR) is 84.2 cm³/mol. The third-order valence-electron chi connectivity index (χ3n) is 2.71. The zero-order valence-electron chi connectivity index (χ0n) is 12.2. The number of methoxy groups -OCH3 is 1. The molecule has 21 heavy (non-hydrogen) atoms. The Balaban J connectivity index is 2.03. The first-order chi connectivity index (χ1) is 10.3. The Labute approximate surface area is 124 Å². The second-order valence-electron chi connectivity index (χ2n) is 4.34. The van der Waals surface area contributed by atoms with Gasteiger partial charge in [0.2, 0.25) is 0 Å². The molecule has 0 atom stereocenters. The molecule has 0 saturated heterocycles. The van der Waals surface area contributed by atoms with Crippen LogP contribution in [-0.4, -0.2) is 24.9 Å². The molecular formula is C16H19N3O2. The van der Waals surface area contributed by atoms with Gasteiger partial charge in [0.15, 0.2) is 11.5 Å². The molecule has 0 spiro atoms. The van der Waals surface area contributed by atoms with Gasteiger partial charge in [-0.1, -0.05) is 13.0 Å². The largest absolute Gasteiger partial charge is 0.493 e. The molecule has 0 aliphatic heterocycles. The molecule has 1 aromatic heterocycles. The number of benzene rings is 1. The minimum atomic E-state index is 0.672. The zero-order valence-corrected chi connectivity index (χ0v) is 12.2. The molecule has 110 valence electrons. The molecule has 5 heteroatoms. The average Bonchev–Trinajstić information content (AvgIpc) is 2.54. The first-order valence-electron chi connectivity index (χ1n) is 6.84. The fraction of sp³-hybridized carbons (Fsp3) is 0.250. The van der Waals surface area contributed by atoms with Crippen LogP contribution < -0.4 is 14.9 Å². The maximum atomic E-state index is 5.61. The van der Waals surface area contributed by atoms with Crippen LogP contribution in [0.15, 0.2) is 47.7 Å². The predicted octanol–water partition coefficient (Wildman–Crippen LogP) is 3.33. The Morgan fingerprint density at radius 1 is 1.24 bits per heavy atom. The van der Waals surface area contributed by atoms with Crippen LogP contribution in [0, 0.1) is 0 Å². The van der Waals surface area contributed by atoms with Gasteiger partial charge in [-0.15, -0.1) is 0 Å². The summed E-state index contributed by atoms with van der Waals surface area (Å²) in [5.41, 5.74) is 3.78. The SMILES string of the molecule is CCCOc1ccc(C=NNc2ccccn2)cc1OC. The van der Waals surface area contributed by atoms with Gasteiger partial charge >= 0.3 is 0 Å². The van der Waals surface area contributed by atoms with Crippen molar-refractivity contribution in [3.63, 3.8) is 0 Å². The van der Waals surface area contributed by atoms with E-state index in [1.54, 1.807) is 19.5 Å². The highest BCUT2D eigenvalue weighted by molar-refractivity contribution is 5.81. The number of nitrogens with zero attached hydrogens (tertiary/aromatic N) is 2. The number of hydrogen-bond acceptors (Lipinski definition) is 5. The standard InChI is InChI=1S/C16H19N3O2/c1-3-10-21-14-8-7-13(11-15(14)20-2)12-18-19-16-6-4-5-9-17-16/h4-9,11-12H,3,10H2,1-2H3,(H,17,19). The minimum absolute atomic E-state index is 0.672. The number of anilines is 1. The van der Waals surface area contributed by atoms with E-state index in [0.717, 1.165) is 17.7 Å². The molecule has 0 unspecified atom stereocenters. The lowest BCUT2D eigenvalue weighted by molar-refractivity contribution is 0.294. The number of nitrogens with one attached hydrogen (secondary N) is 1. The van der Waals surface area contributed by atoms with E-state index in [9.17, 15) is 0 Å². The van der Waals surface area contributed by atoms with Crippen LogP contribution in [-0.2, 0) is 0 Å². The Morgan fingerprint density at radius 2 is 2.14 bits per heavy atom.